The van der Waals surface area contributed by atoms with Crippen molar-refractivity contribution in [2.75, 3.05) is 0 Å². The van der Waals surface area contributed by atoms with Crippen LogP contribution >= 0.6 is 11.9 Å². The summed E-state index contributed by atoms with van der Waals surface area (Å²) in [4.78, 5) is 0. The second-order valence-electron chi connectivity index (χ2n) is 7.39. The molecule has 0 fully saturated rings. The van der Waals surface area contributed by atoms with Crippen molar-refractivity contribution >= 4 is 28.4 Å². The lowest BCUT2D eigenvalue weighted by atomic mass is 9.88. The van der Waals surface area contributed by atoms with Gasteiger partial charge in [0.25, 0.3) is 0 Å². The van der Waals surface area contributed by atoms with Gasteiger partial charge in [-0.05, 0) is 61.5 Å². The SMILES string of the molecule is Cc1cc(C)cc(C2(C)CC(c3ccc(C)c4ccccc34)=NS2)c1. The normalized spacial score (nSPS) is 20.1. The van der Waals surface area contributed by atoms with Crippen LogP contribution < -0.4 is 0 Å². The summed E-state index contributed by atoms with van der Waals surface area (Å²) < 4.78 is 4.92. The van der Waals surface area contributed by atoms with Crippen molar-refractivity contribution in [3.05, 3.63) is 82.4 Å². The molecule has 1 nitrogen and oxygen atoms in total. The molecule has 1 aliphatic rings. The molecule has 1 heterocycles. The molecule has 25 heavy (non-hydrogen) atoms. The highest BCUT2D eigenvalue weighted by atomic mass is 32.2. The van der Waals surface area contributed by atoms with Gasteiger partial charge in [-0.2, -0.15) is 0 Å². The van der Waals surface area contributed by atoms with Gasteiger partial charge in [0, 0.05) is 12.0 Å². The first-order valence-electron chi connectivity index (χ1n) is 8.79. The van der Waals surface area contributed by atoms with Gasteiger partial charge in [-0.3, -0.25) is 0 Å². The van der Waals surface area contributed by atoms with Crippen LogP contribution in [0.3, 0.4) is 0 Å². The average molecular weight is 346 g/mol. The summed E-state index contributed by atoms with van der Waals surface area (Å²) in [6.07, 6.45) is 0.966. The zero-order valence-electron chi connectivity index (χ0n) is 15.3. The molecule has 3 aromatic carbocycles. The molecule has 1 unspecified atom stereocenters. The van der Waals surface area contributed by atoms with E-state index in [0.717, 1.165) is 6.42 Å². The summed E-state index contributed by atoms with van der Waals surface area (Å²) in [6.45, 7) is 8.85. The quantitative estimate of drug-likeness (QED) is 0.481. The minimum atomic E-state index is 0.0120. The van der Waals surface area contributed by atoms with Crippen LogP contribution in [0.5, 0.6) is 0 Å². The molecular weight excluding hydrogens is 322 g/mol. The largest absolute Gasteiger partial charge is 0.220 e. The van der Waals surface area contributed by atoms with E-state index < -0.39 is 0 Å². The molecule has 2 heteroatoms. The summed E-state index contributed by atoms with van der Waals surface area (Å²) in [6, 6.07) is 20.0. The minimum absolute atomic E-state index is 0.0120. The van der Waals surface area contributed by atoms with Gasteiger partial charge in [0.15, 0.2) is 0 Å². The molecule has 0 aliphatic carbocycles. The predicted molar refractivity (Wildman–Crippen MR) is 111 cm³/mol. The zero-order chi connectivity index (χ0) is 17.6. The van der Waals surface area contributed by atoms with Crippen molar-refractivity contribution in [3.8, 4) is 0 Å². The Morgan fingerprint density at radius 1 is 0.880 bits per heavy atom. The number of hydrogen-bond donors (Lipinski definition) is 0. The highest BCUT2D eigenvalue weighted by molar-refractivity contribution is 7.99. The molecule has 1 atom stereocenters. The summed E-state index contributed by atoms with van der Waals surface area (Å²) in [5.74, 6) is 0. The van der Waals surface area contributed by atoms with Crippen LogP contribution in [0, 0.1) is 20.8 Å². The molecule has 0 N–H and O–H groups in total. The van der Waals surface area contributed by atoms with Gasteiger partial charge in [-0.1, -0.05) is 65.7 Å². The first-order chi connectivity index (χ1) is 12.0. The molecule has 0 bridgehead atoms. The number of rotatable bonds is 2. The Morgan fingerprint density at radius 3 is 2.28 bits per heavy atom. The van der Waals surface area contributed by atoms with Gasteiger partial charge in [-0.15, -0.1) is 0 Å². The lowest BCUT2D eigenvalue weighted by Crippen LogP contribution is -2.17. The Balaban J connectivity index is 1.74. The van der Waals surface area contributed by atoms with Crippen LogP contribution in [0.4, 0.5) is 0 Å². The maximum absolute atomic E-state index is 4.91. The molecule has 1 aliphatic heterocycles. The number of aryl methyl sites for hydroxylation is 3. The van der Waals surface area contributed by atoms with E-state index in [1.807, 2.05) is 0 Å². The van der Waals surface area contributed by atoms with E-state index in [1.54, 1.807) is 11.9 Å². The summed E-state index contributed by atoms with van der Waals surface area (Å²) >= 11 is 1.72. The number of benzene rings is 3. The van der Waals surface area contributed by atoms with Gasteiger partial charge in [0.2, 0.25) is 0 Å². The van der Waals surface area contributed by atoms with Crippen molar-refractivity contribution in [2.24, 2.45) is 4.40 Å². The van der Waals surface area contributed by atoms with Gasteiger partial charge in [0.05, 0.1) is 10.5 Å². The molecule has 0 aromatic heterocycles. The fourth-order valence-corrected chi connectivity index (χ4v) is 4.72. The third kappa shape index (κ3) is 2.89. The molecule has 0 radical (unpaired) electrons. The fraction of sp³-hybridized carbons (Fsp3) is 0.261. The van der Waals surface area contributed by atoms with E-state index in [-0.39, 0.29) is 4.75 Å². The Kier molecular flexibility index (Phi) is 3.96. The first kappa shape index (κ1) is 16.4. The minimum Gasteiger partial charge on any atom is -0.220 e. The molecule has 3 aromatic rings. The lowest BCUT2D eigenvalue weighted by Gasteiger charge is -2.23. The van der Waals surface area contributed by atoms with Gasteiger partial charge in [0.1, 0.15) is 0 Å². The number of hydrogen-bond acceptors (Lipinski definition) is 2. The number of nitrogens with zero attached hydrogens (tertiary/aromatic N) is 1. The van der Waals surface area contributed by atoms with E-state index in [2.05, 4.69) is 82.3 Å². The Morgan fingerprint density at radius 2 is 1.56 bits per heavy atom. The fourth-order valence-electron chi connectivity index (χ4n) is 3.82. The molecule has 0 amide bonds. The van der Waals surface area contributed by atoms with Crippen LogP contribution in [0.25, 0.3) is 10.8 Å². The third-order valence-electron chi connectivity index (χ3n) is 5.15. The molecule has 4 rings (SSSR count). The van der Waals surface area contributed by atoms with Crippen LogP contribution in [0.2, 0.25) is 0 Å². The smallest absolute Gasteiger partial charge is 0.0654 e. The van der Waals surface area contributed by atoms with E-state index in [0.29, 0.717) is 0 Å². The van der Waals surface area contributed by atoms with Crippen molar-refractivity contribution < 1.29 is 0 Å². The maximum Gasteiger partial charge on any atom is 0.0654 e. The van der Waals surface area contributed by atoms with E-state index in [4.69, 9.17) is 4.40 Å². The zero-order valence-corrected chi connectivity index (χ0v) is 16.1. The molecule has 0 saturated carbocycles. The van der Waals surface area contributed by atoms with Gasteiger partial charge in [-0.25, -0.2) is 4.40 Å². The summed E-state index contributed by atoms with van der Waals surface area (Å²) in [5, 5.41) is 2.64. The third-order valence-corrected chi connectivity index (χ3v) is 6.24. The number of fused-ring (bicyclic) bond motifs is 1. The topological polar surface area (TPSA) is 12.4 Å². The molecular formula is C23H23NS. The molecule has 126 valence electrons. The summed E-state index contributed by atoms with van der Waals surface area (Å²) in [7, 11) is 0. The van der Waals surface area contributed by atoms with Crippen molar-refractivity contribution in [3.63, 3.8) is 0 Å². The first-order valence-corrected chi connectivity index (χ1v) is 9.56. The Labute approximate surface area is 154 Å². The van der Waals surface area contributed by atoms with E-state index in [9.17, 15) is 0 Å². The van der Waals surface area contributed by atoms with Crippen LogP contribution in [-0.2, 0) is 4.75 Å². The monoisotopic (exact) mass is 345 g/mol. The summed E-state index contributed by atoms with van der Waals surface area (Å²) in [5.41, 5.74) is 7.84. The second kappa shape index (κ2) is 6.03. The van der Waals surface area contributed by atoms with Gasteiger partial charge < -0.3 is 0 Å². The van der Waals surface area contributed by atoms with Crippen molar-refractivity contribution in [1.82, 2.24) is 0 Å². The highest BCUT2D eigenvalue weighted by Crippen LogP contribution is 2.47. The van der Waals surface area contributed by atoms with E-state index >= 15 is 0 Å². The molecule has 0 saturated heterocycles. The highest BCUT2D eigenvalue weighted by Gasteiger charge is 2.35. The Hall–Kier alpha value is -2.06. The average Bonchev–Trinajstić information content (AvgIpc) is 2.98. The predicted octanol–water partition coefficient (Wildman–Crippen LogP) is 6.52. The standard InChI is InChI=1S/C23H23NS/c1-15-11-16(2)13-18(12-15)23(4)14-22(24-25-23)21-10-9-17(3)19-7-5-6-8-20(19)21/h5-13H,14H2,1-4H3. The van der Waals surface area contributed by atoms with Gasteiger partial charge >= 0.3 is 0 Å². The van der Waals surface area contributed by atoms with Crippen LogP contribution in [-0.4, -0.2) is 5.71 Å². The van der Waals surface area contributed by atoms with Crippen molar-refractivity contribution in [2.45, 2.75) is 38.9 Å². The maximum atomic E-state index is 4.91. The van der Waals surface area contributed by atoms with Crippen LogP contribution in [0.15, 0.2) is 59.0 Å². The van der Waals surface area contributed by atoms with Crippen LogP contribution in [0.1, 0.15) is 41.2 Å². The van der Waals surface area contributed by atoms with Crippen molar-refractivity contribution in [1.29, 1.82) is 0 Å². The molecule has 0 spiro atoms. The lowest BCUT2D eigenvalue weighted by molar-refractivity contribution is 0.739. The van der Waals surface area contributed by atoms with E-state index in [1.165, 1.54) is 44.3 Å². The Bertz CT molecular complexity index is 982. The second-order valence-corrected chi connectivity index (χ2v) is 8.66.